The van der Waals surface area contributed by atoms with Crippen molar-refractivity contribution in [2.24, 2.45) is 10.8 Å². The summed E-state index contributed by atoms with van der Waals surface area (Å²) < 4.78 is 0. The molecule has 0 bridgehead atoms. The fourth-order valence-electron chi connectivity index (χ4n) is 1.64. The Hall–Kier alpha value is -0.840. The van der Waals surface area contributed by atoms with E-state index >= 15 is 0 Å². The lowest BCUT2D eigenvalue weighted by atomic mass is 9.61. The van der Waals surface area contributed by atoms with Gasteiger partial charge in [0.05, 0.1) is 6.07 Å². The van der Waals surface area contributed by atoms with Gasteiger partial charge >= 0.3 is 0 Å². The van der Waals surface area contributed by atoms with Crippen LogP contribution in [0.3, 0.4) is 0 Å². The van der Waals surface area contributed by atoms with Crippen molar-refractivity contribution in [3.05, 3.63) is 0 Å². The molecule has 2 heteroatoms. The summed E-state index contributed by atoms with van der Waals surface area (Å²) in [5.74, 6) is 0.115. The van der Waals surface area contributed by atoms with Crippen molar-refractivity contribution < 1.29 is 4.79 Å². The van der Waals surface area contributed by atoms with Crippen molar-refractivity contribution >= 4 is 5.78 Å². The smallest absolute Gasteiger partial charge is 0.158 e. The van der Waals surface area contributed by atoms with Crippen LogP contribution in [0.4, 0.5) is 0 Å². The third kappa shape index (κ3) is 1.24. The number of hydrogen-bond donors (Lipinski definition) is 0. The largest absolute Gasteiger partial charge is 0.297 e. The highest BCUT2D eigenvalue weighted by atomic mass is 16.1. The molecule has 0 amide bonds. The highest BCUT2D eigenvalue weighted by Gasteiger charge is 2.48. The van der Waals surface area contributed by atoms with Gasteiger partial charge in [-0.05, 0) is 19.3 Å². The summed E-state index contributed by atoms with van der Waals surface area (Å²) in [6, 6.07) is 2.17. The lowest BCUT2D eigenvalue weighted by Gasteiger charge is -2.38. The van der Waals surface area contributed by atoms with Gasteiger partial charge in [-0.3, -0.25) is 4.79 Å². The zero-order valence-corrected chi connectivity index (χ0v) is 7.98. The van der Waals surface area contributed by atoms with Crippen LogP contribution in [0.15, 0.2) is 0 Å². The number of carbonyl (C=O) groups is 1. The monoisotopic (exact) mass is 165 g/mol. The van der Waals surface area contributed by atoms with Crippen molar-refractivity contribution in [2.45, 2.75) is 40.0 Å². The van der Waals surface area contributed by atoms with Gasteiger partial charge < -0.3 is 0 Å². The average Bonchev–Trinajstić information content (AvgIpc) is 1.84. The standard InChI is InChI=1S/C10H15NO/c1-9(2,3)8(12)10(7-11)5-4-6-10/h4-6H2,1-3H3. The molecule has 0 aliphatic heterocycles. The zero-order valence-electron chi connectivity index (χ0n) is 7.98. The van der Waals surface area contributed by atoms with Crippen molar-refractivity contribution in [1.82, 2.24) is 0 Å². The van der Waals surface area contributed by atoms with Gasteiger partial charge in [0, 0.05) is 5.41 Å². The molecule has 0 heterocycles. The first-order valence-corrected chi connectivity index (χ1v) is 4.38. The SMILES string of the molecule is CC(C)(C)C(=O)C1(C#N)CCC1. The highest BCUT2D eigenvalue weighted by Crippen LogP contribution is 2.45. The normalized spacial score (nSPS) is 20.8. The summed E-state index contributed by atoms with van der Waals surface area (Å²) in [6.45, 7) is 5.65. The maximum absolute atomic E-state index is 11.8. The summed E-state index contributed by atoms with van der Waals surface area (Å²) in [5, 5.41) is 8.90. The van der Waals surface area contributed by atoms with Crippen LogP contribution < -0.4 is 0 Å². The summed E-state index contributed by atoms with van der Waals surface area (Å²) in [4.78, 5) is 11.8. The molecule has 0 aromatic carbocycles. The van der Waals surface area contributed by atoms with Gasteiger partial charge in [0.1, 0.15) is 5.41 Å². The van der Waals surface area contributed by atoms with Crippen LogP contribution in [-0.2, 0) is 4.79 Å². The lowest BCUT2D eigenvalue weighted by Crippen LogP contribution is -2.43. The van der Waals surface area contributed by atoms with Gasteiger partial charge in [0.15, 0.2) is 5.78 Å². The van der Waals surface area contributed by atoms with Crippen LogP contribution in [0, 0.1) is 22.2 Å². The second kappa shape index (κ2) is 2.58. The Kier molecular flexibility index (Phi) is 1.99. The van der Waals surface area contributed by atoms with E-state index in [2.05, 4.69) is 6.07 Å². The second-order valence-electron chi connectivity index (χ2n) is 4.63. The van der Waals surface area contributed by atoms with E-state index in [0.29, 0.717) is 0 Å². The van der Waals surface area contributed by atoms with E-state index in [-0.39, 0.29) is 11.2 Å². The minimum atomic E-state index is -0.627. The highest BCUT2D eigenvalue weighted by molar-refractivity contribution is 5.92. The number of ketones is 1. The number of carbonyl (C=O) groups excluding carboxylic acids is 1. The molecule has 12 heavy (non-hydrogen) atoms. The minimum absolute atomic E-state index is 0.115. The van der Waals surface area contributed by atoms with Gasteiger partial charge in [0.25, 0.3) is 0 Å². The molecular formula is C10H15NO. The Morgan fingerprint density at radius 3 is 2.00 bits per heavy atom. The number of hydrogen-bond acceptors (Lipinski definition) is 2. The Balaban J connectivity index is 2.83. The number of nitriles is 1. The number of nitrogens with zero attached hydrogens (tertiary/aromatic N) is 1. The maximum Gasteiger partial charge on any atom is 0.158 e. The Labute approximate surface area is 73.6 Å². The predicted molar refractivity (Wildman–Crippen MR) is 46.4 cm³/mol. The van der Waals surface area contributed by atoms with Crippen molar-refractivity contribution in [3.63, 3.8) is 0 Å². The lowest BCUT2D eigenvalue weighted by molar-refractivity contribution is -0.137. The molecule has 0 aromatic rings. The van der Waals surface area contributed by atoms with Crippen molar-refractivity contribution in [2.75, 3.05) is 0 Å². The van der Waals surface area contributed by atoms with E-state index in [9.17, 15) is 4.79 Å². The molecule has 1 rings (SSSR count). The molecule has 0 atom stereocenters. The Bertz CT molecular complexity index is 238. The summed E-state index contributed by atoms with van der Waals surface area (Å²) >= 11 is 0. The van der Waals surface area contributed by atoms with Gasteiger partial charge in [-0.1, -0.05) is 20.8 Å². The molecule has 0 saturated heterocycles. The quantitative estimate of drug-likeness (QED) is 0.598. The Morgan fingerprint density at radius 1 is 1.42 bits per heavy atom. The first-order valence-electron chi connectivity index (χ1n) is 4.38. The molecule has 0 spiro atoms. The number of rotatable bonds is 1. The summed E-state index contributed by atoms with van der Waals surface area (Å²) in [6.07, 6.45) is 2.55. The molecule has 0 aromatic heterocycles. The molecule has 1 saturated carbocycles. The third-order valence-corrected chi connectivity index (χ3v) is 2.54. The van der Waals surface area contributed by atoms with Crippen LogP contribution in [0.5, 0.6) is 0 Å². The average molecular weight is 165 g/mol. The van der Waals surface area contributed by atoms with Crippen molar-refractivity contribution in [1.29, 1.82) is 5.26 Å². The predicted octanol–water partition coefficient (Wildman–Crippen LogP) is 2.30. The minimum Gasteiger partial charge on any atom is -0.297 e. The Morgan fingerprint density at radius 2 is 1.92 bits per heavy atom. The summed E-state index contributed by atoms with van der Waals surface area (Å²) in [5.41, 5.74) is -0.992. The third-order valence-electron chi connectivity index (χ3n) is 2.54. The van der Waals surface area contributed by atoms with E-state index in [1.54, 1.807) is 0 Å². The van der Waals surface area contributed by atoms with Gasteiger partial charge in [-0.25, -0.2) is 0 Å². The first-order chi connectivity index (χ1) is 5.42. The van der Waals surface area contributed by atoms with Crippen LogP contribution in [0.25, 0.3) is 0 Å². The van der Waals surface area contributed by atoms with Gasteiger partial charge in [0.2, 0.25) is 0 Å². The van der Waals surface area contributed by atoms with Crippen LogP contribution >= 0.6 is 0 Å². The van der Waals surface area contributed by atoms with Gasteiger partial charge in [-0.15, -0.1) is 0 Å². The second-order valence-corrected chi connectivity index (χ2v) is 4.63. The fraction of sp³-hybridized carbons (Fsp3) is 0.800. The molecule has 0 N–H and O–H groups in total. The molecule has 1 aliphatic rings. The molecule has 0 radical (unpaired) electrons. The van der Waals surface area contributed by atoms with Crippen molar-refractivity contribution in [3.8, 4) is 6.07 Å². The zero-order chi connectivity index (χ0) is 9.41. The first kappa shape index (κ1) is 9.25. The summed E-state index contributed by atoms with van der Waals surface area (Å²) in [7, 11) is 0. The van der Waals surface area contributed by atoms with E-state index in [1.165, 1.54) is 0 Å². The van der Waals surface area contributed by atoms with Gasteiger partial charge in [-0.2, -0.15) is 5.26 Å². The topological polar surface area (TPSA) is 40.9 Å². The van der Waals surface area contributed by atoms with Crippen LogP contribution in [0.1, 0.15) is 40.0 Å². The molecular weight excluding hydrogens is 150 g/mol. The van der Waals surface area contributed by atoms with Crippen LogP contribution in [0.2, 0.25) is 0 Å². The van der Waals surface area contributed by atoms with E-state index < -0.39 is 5.41 Å². The van der Waals surface area contributed by atoms with E-state index in [4.69, 9.17) is 5.26 Å². The van der Waals surface area contributed by atoms with E-state index in [0.717, 1.165) is 19.3 Å². The fourth-order valence-corrected chi connectivity index (χ4v) is 1.64. The molecule has 2 nitrogen and oxygen atoms in total. The van der Waals surface area contributed by atoms with E-state index in [1.807, 2.05) is 20.8 Å². The maximum atomic E-state index is 11.8. The molecule has 66 valence electrons. The molecule has 1 fully saturated rings. The van der Waals surface area contributed by atoms with Crippen LogP contribution in [-0.4, -0.2) is 5.78 Å². The number of Topliss-reactive ketones (excluding diaryl/α,β-unsaturated/α-hetero) is 1. The molecule has 1 aliphatic carbocycles. The molecule has 0 unspecified atom stereocenters.